The number of unbranched alkanes of at least 4 members (excludes halogenated alkanes) is 1. The van der Waals surface area contributed by atoms with Crippen LogP contribution in [0.15, 0.2) is 24.9 Å². The molecule has 2 aromatic heterocycles. The Hall–Kier alpha value is -1.75. The number of hydrogen-bond acceptors (Lipinski definition) is 4. The quantitative estimate of drug-likeness (QED) is 0.630. The zero-order valence-corrected chi connectivity index (χ0v) is 12.7. The summed E-state index contributed by atoms with van der Waals surface area (Å²) in [5, 5.41) is 4.05. The smallest absolute Gasteiger partial charge is 0.228 e. The molecule has 2 rings (SSSR count). The predicted octanol–water partition coefficient (Wildman–Crippen LogP) is 3.17. The number of fused-ring (bicyclic) bond motifs is 1. The van der Waals surface area contributed by atoms with Crippen molar-refractivity contribution in [3.63, 3.8) is 0 Å². The second-order valence-electron chi connectivity index (χ2n) is 4.39. The molecule has 0 saturated carbocycles. The fraction of sp³-hybridized carbons (Fsp3) is 0.429. The first-order valence-electron chi connectivity index (χ1n) is 6.57. The Balaban J connectivity index is 0.00000200. The first-order valence-corrected chi connectivity index (χ1v) is 6.57. The Morgan fingerprint density at radius 2 is 2.25 bits per heavy atom. The van der Waals surface area contributed by atoms with Gasteiger partial charge in [-0.2, -0.15) is 9.97 Å². The summed E-state index contributed by atoms with van der Waals surface area (Å²) in [5.41, 5.74) is 0.869. The second-order valence-corrected chi connectivity index (χ2v) is 4.39. The third-order valence-electron chi connectivity index (χ3n) is 2.83. The van der Waals surface area contributed by atoms with E-state index < -0.39 is 0 Å². The zero-order chi connectivity index (χ0) is 13.7. The van der Waals surface area contributed by atoms with Crippen LogP contribution in [0.4, 0.5) is 5.95 Å². The highest BCUT2D eigenvalue weighted by atomic mass is 35.5. The van der Waals surface area contributed by atoms with E-state index in [0.717, 1.165) is 23.9 Å². The van der Waals surface area contributed by atoms with Gasteiger partial charge in [-0.15, -0.1) is 19.0 Å². The van der Waals surface area contributed by atoms with Gasteiger partial charge in [0.05, 0.1) is 12.0 Å². The molecular weight excluding hydrogens is 276 g/mol. The highest BCUT2D eigenvalue weighted by Crippen LogP contribution is 2.24. The van der Waals surface area contributed by atoms with Gasteiger partial charge in [-0.1, -0.05) is 19.4 Å². The van der Waals surface area contributed by atoms with E-state index >= 15 is 0 Å². The van der Waals surface area contributed by atoms with E-state index in [1.54, 1.807) is 6.08 Å². The van der Waals surface area contributed by atoms with Gasteiger partial charge in [-0.3, -0.25) is 0 Å². The van der Waals surface area contributed by atoms with Crippen LogP contribution in [0.5, 0.6) is 5.88 Å². The van der Waals surface area contributed by atoms with Gasteiger partial charge in [-0.05, 0) is 12.5 Å². The summed E-state index contributed by atoms with van der Waals surface area (Å²) in [6.45, 7) is 7.12. The molecule has 0 spiro atoms. The van der Waals surface area contributed by atoms with Crippen molar-refractivity contribution in [1.82, 2.24) is 14.5 Å². The molecule has 110 valence electrons. The topological polar surface area (TPSA) is 52.0 Å². The molecule has 0 aromatic carbocycles. The average molecular weight is 297 g/mol. The van der Waals surface area contributed by atoms with Crippen LogP contribution in [-0.4, -0.2) is 27.7 Å². The van der Waals surface area contributed by atoms with Gasteiger partial charge >= 0.3 is 0 Å². The van der Waals surface area contributed by atoms with Crippen molar-refractivity contribution in [3.05, 3.63) is 24.9 Å². The monoisotopic (exact) mass is 296 g/mol. The summed E-state index contributed by atoms with van der Waals surface area (Å²) >= 11 is 0. The largest absolute Gasteiger partial charge is 0.477 e. The molecule has 0 amide bonds. The molecule has 2 heterocycles. The number of ether oxygens (including phenoxy) is 1. The van der Waals surface area contributed by atoms with Gasteiger partial charge in [0.2, 0.25) is 11.8 Å². The number of rotatable bonds is 7. The van der Waals surface area contributed by atoms with Crippen LogP contribution in [0.1, 0.15) is 19.8 Å². The minimum atomic E-state index is 0. The number of nitrogens with one attached hydrogen (secondary N) is 1. The molecule has 0 unspecified atom stereocenters. The van der Waals surface area contributed by atoms with Gasteiger partial charge in [0.15, 0.2) is 0 Å². The van der Waals surface area contributed by atoms with Gasteiger partial charge in [0.1, 0.15) is 5.65 Å². The van der Waals surface area contributed by atoms with E-state index in [0.29, 0.717) is 25.0 Å². The number of aryl methyl sites for hydroxylation is 1. The van der Waals surface area contributed by atoms with Crippen LogP contribution in [0, 0.1) is 0 Å². The van der Waals surface area contributed by atoms with Crippen LogP contribution in [-0.2, 0) is 7.05 Å². The van der Waals surface area contributed by atoms with E-state index in [2.05, 4.69) is 28.8 Å². The predicted molar refractivity (Wildman–Crippen MR) is 84.8 cm³/mol. The van der Waals surface area contributed by atoms with Crippen LogP contribution in [0.2, 0.25) is 0 Å². The minimum absolute atomic E-state index is 0. The van der Waals surface area contributed by atoms with Crippen LogP contribution >= 0.6 is 12.4 Å². The third kappa shape index (κ3) is 3.63. The second kappa shape index (κ2) is 7.75. The molecule has 0 fully saturated rings. The lowest BCUT2D eigenvalue weighted by molar-refractivity contribution is 0.302. The Morgan fingerprint density at radius 3 is 2.95 bits per heavy atom. The summed E-state index contributed by atoms with van der Waals surface area (Å²) < 4.78 is 7.72. The van der Waals surface area contributed by atoms with E-state index in [-0.39, 0.29) is 12.4 Å². The maximum absolute atomic E-state index is 5.76. The van der Waals surface area contributed by atoms with Crippen molar-refractivity contribution in [2.24, 2.45) is 7.05 Å². The fourth-order valence-electron chi connectivity index (χ4n) is 1.77. The molecule has 0 aliphatic heterocycles. The van der Waals surface area contributed by atoms with E-state index in [9.17, 15) is 0 Å². The minimum Gasteiger partial charge on any atom is -0.477 e. The lowest BCUT2D eigenvalue weighted by Crippen LogP contribution is -2.07. The molecule has 5 nitrogen and oxygen atoms in total. The number of aromatic nitrogens is 3. The molecular formula is C14H21ClN4O. The van der Waals surface area contributed by atoms with Crippen molar-refractivity contribution in [2.45, 2.75) is 19.8 Å². The molecule has 0 atom stereocenters. The maximum atomic E-state index is 5.76. The van der Waals surface area contributed by atoms with Crippen molar-refractivity contribution in [1.29, 1.82) is 0 Å². The molecule has 2 aromatic rings. The standard InChI is InChI=1S/C14H20N4O.ClH/c1-4-6-10-19-13-11-7-9-18(3)12(11)16-14(17-13)15-8-5-2;/h5,7,9H,2,4,6,8,10H2,1,3H3,(H,15,16,17);1H. The molecule has 0 radical (unpaired) electrons. The molecule has 0 saturated heterocycles. The molecule has 0 bridgehead atoms. The van der Waals surface area contributed by atoms with Gasteiger partial charge in [0.25, 0.3) is 0 Å². The lowest BCUT2D eigenvalue weighted by Gasteiger charge is -2.09. The van der Waals surface area contributed by atoms with Crippen LogP contribution in [0.25, 0.3) is 11.0 Å². The van der Waals surface area contributed by atoms with Crippen molar-refractivity contribution < 1.29 is 4.74 Å². The average Bonchev–Trinajstić information content (AvgIpc) is 2.79. The number of anilines is 1. The summed E-state index contributed by atoms with van der Waals surface area (Å²) in [7, 11) is 1.96. The molecule has 1 N–H and O–H groups in total. The SMILES string of the molecule is C=CCNc1nc(OCCCC)c2ccn(C)c2n1.Cl. The van der Waals surface area contributed by atoms with Crippen LogP contribution < -0.4 is 10.1 Å². The van der Waals surface area contributed by atoms with Crippen molar-refractivity contribution >= 4 is 29.4 Å². The summed E-state index contributed by atoms with van der Waals surface area (Å²) in [4.78, 5) is 8.89. The van der Waals surface area contributed by atoms with Crippen molar-refractivity contribution in [3.8, 4) is 5.88 Å². The Bertz CT molecular complexity index is 568. The first kappa shape index (κ1) is 16.3. The number of hydrogen-bond donors (Lipinski definition) is 1. The number of nitrogens with zero attached hydrogens (tertiary/aromatic N) is 3. The normalized spacial score (nSPS) is 10.1. The zero-order valence-electron chi connectivity index (χ0n) is 11.9. The Labute approximate surface area is 125 Å². The lowest BCUT2D eigenvalue weighted by atomic mass is 10.3. The summed E-state index contributed by atoms with van der Waals surface area (Å²) in [6.07, 6.45) is 5.86. The van der Waals surface area contributed by atoms with Gasteiger partial charge < -0.3 is 14.6 Å². The van der Waals surface area contributed by atoms with Gasteiger partial charge in [-0.25, -0.2) is 0 Å². The Morgan fingerprint density at radius 1 is 1.45 bits per heavy atom. The number of halogens is 1. The van der Waals surface area contributed by atoms with E-state index in [1.165, 1.54) is 0 Å². The molecule has 0 aliphatic carbocycles. The first-order chi connectivity index (χ1) is 9.26. The van der Waals surface area contributed by atoms with E-state index in [1.807, 2.05) is 23.9 Å². The van der Waals surface area contributed by atoms with Gasteiger partial charge in [0, 0.05) is 19.8 Å². The fourth-order valence-corrected chi connectivity index (χ4v) is 1.77. The maximum Gasteiger partial charge on any atom is 0.228 e. The van der Waals surface area contributed by atoms with E-state index in [4.69, 9.17) is 4.74 Å². The third-order valence-corrected chi connectivity index (χ3v) is 2.83. The summed E-state index contributed by atoms with van der Waals surface area (Å²) in [5.74, 6) is 1.21. The molecule has 6 heteroatoms. The van der Waals surface area contributed by atoms with Crippen molar-refractivity contribution in [2.75, 3.05) is 18.5 Å². The molecule has 0 aliphatic rings. The Kier molecular flexibility index (Phi) is 6.31. The van der Waals surface area contributed by atoms with Crippen LogP contribution in [0.3, 0.4) is 0 Å². The summed E-state index contributed by atoms with van der Waals surface area (Å²) in [6, 6.07) is 1.98. The highest BCUT2D eigenvalue weighted by molar-refractivity contribution is 5.85. The highest BCUT2D eigenvalue weighted by Gasteiger charge is 2.11. The molecule has 20 heavy (non-hydrogen) atoms.